The monoisotopic (exact) mass is 547 g/mol. The Balaban J connectivity index is 1.12. The van der Waals surface area contributed by atoms with Gasteiger partial charge in [0.2, 0.25) is 18.0 Å². The van der Waals surface area contributed by atoms with E-state index >= 15 is 0 Å². The molecule has 1 unspecified atom stereocenters. The van der Waals surface area contributed by atoms with Crippen LogP contribution >= 0.6 is 0 Å². The zero-order chi connectivity index (χ0) is 27.8. The van der Waals surface area contributed by atoms with Crippen LogP contribution in [0.3, 0.4) is 0 Å². The second-order valence-corrected chi connectivity index (χ2v) is 11.6. The summed E-state index contributed by atoms with van der Waals surface area (Å²) in [7, 11) is 3.17. The third-order valence-corrected chi connectivity index (χ3v) is 9.08. The van der Waals surface area contributed by atoms with Crippen molar-refractivity contribution in [3.05, 3.63) is 23.8 Å². The Morgan fingerprint density at radius 1 is 1.03 bits per heavy atom. The molecule has 5 fully saturated rings. The molecule has 6 rings (SSSR count). The Bertz CT molecular complexity index is 1070. The highest BCUT2D eigenvalue weighted by atomic mass is 17.3. The largest absolute Gasteiger partial charge is 0.493 e. The van der Waals surface area contributed by atoms with Crippen molar-refractivity contribution < 1.29 is 43.0 Å². The molecule has 0 radical (unpaired) electrons. The third-order valence-electron chi connectivity index (χ3n) is 9.08. The summed E-state index contributed by atoms with van der Waals surface area (Å²) in [5.41, 5.74) is 0.301. The zero-order valence-electron chi connectivity index (χ0n) is 23.5. The number of amides is 1. The van der Waals surface area contributed by atoms with Crippen LogP contribution in [0.2, 0.25) is 0 Å². The summed E-state index contributed by atoms with van der Waals surface area (Å²) in [5, 5.41) is 2.86. The molecular formula is C29H41NO9. The van der Waals surface area contributed by atoms with Crippen LogP contribution in [0.15, 0.2) is 18.2 Å². The van der Waals surface area contributed by atoms with Gasteiger partial charge >= 0.3 is 5.97 Å². The molecule has 1 aromatic carbocycles. The summed E-state index contributed by atoms with van der Waals surface area (Å²) in [6.07, 6.45) is 2.82. The number of ether oxygens (including phenoxy) is 5. The molecule has 10 nitrogen and oxygen atoms in total. The van der Waals surface area contributed by atoms with Crippen molar-refractivity contribution in [3.8, 4) is 11.5 Å². The summed E-state index contributed by atoms with van der Waals surface area (Å²) < 4.78 is 29.0. The van der Waals surface area contributed by atoms with Gasteiger partial charge in [-0.2, -0.15) is 0 Å². The highest BCUT2D eigenvalue weighted by Gasteiger charge is 2.69. The van der Waals surface area contributed by atoms with Crippen molar-refractivity contribution >= 4 is 11.9 Å². The van der Waals surface area contributed by atoms with Crippen LogP contribution < -0.4 is 14.8 Å². The molecule has 5 aliphatic rings. The second kappa shape index (κ2) is 11.2. The molecule has 1 N–H and O–H groups in total. The molecular weight excluding hydrogens is 506 g/mol. The maximum atomic E-state index is 12.8. The maximum absolute atomic E-state index is 12.8. The van der Waals surface area contributed by atoms with Crippen LogP contribution in [-0.2, 0) is 40.0 Å². The first kappa shape index (κ1) is 28.1. The molecule has 2 bridgehead atoms. The molecule has 4 saturated heterocycles. The molecule has 216 valence electrons. The molecule has 1 spiro atoms. The van der Waals surface area contributed by atoms with Gasteiger partial charge in [0, 0.05) is 31.2 Å². The first-order chi connectivity index (χ1) is 18.7. The van der Waals surface area contributed by atoms with Crippen molar-refractivity contribution in [1.29, 1.82) is 0 Å². The summed E-state index contributed by atoms with van der Waals surface area (Å²) in [4.78, 5) is 37.1. The van der Waals surface area contributed by atoms with E-state index < -0.39 is 29.9 Å². The molecule has 1 saturated carbocycles. The zero-order valence-corrected chi connectivity index (χ0v) is 23.5. The average Bonchev–Trinajstić information content (AvgIpc) is 3.16. The predicted octanol–water partition coefficient (Wildman–Crippen LogP) is 3.89. The van der Waals surface area contributed by atoms with Crippen molar-refractivity contribution in [2.75, 3.05) is 20.8 Å². The van der Waals surface area contributed by atoms with Crippen LogP contribution in [0.4, 0.5) is 0 Å². The van der Waals surface area contributed by atoms with E-state index in [9.17, 15) is 9.59 Å². The quantitative estimate of drug-likeness (QED) is 0.364. The Labute approximate surface area is 229 Å². The maximum Gasteiger partial charge on any atom is 0.308 e. The van der Waals surface area contributed by atoms with Gasteiger partial charge < -0.3 is 29.0 Å². The fourth-order valence-corrected chi connectivity index (χ4v) is 6.88. The average molecular weight is 548 g/mol. The van der Waals surface area contributed by atoms with Gasteiger partial charge in [0.05, 0.1) is 20.6 Å². The number of carbonyl (C=O) groups is 2. The standard InChI is InChI=1S/C29H41NO9/c1-17-6-8-21-18(2)26(36-27-29(21)20(17)12-14-28(3,37-27)38-39-29)35-25(32)11-10-24(31)30-15-13-19-7-9-22(33-4)23(16-19)34-5/h7,9,16-18,20-21,26-27H,6,8,10-15H2,1-5H3,(H,30,31)/t17-,18-,20+,21+,26-,27-,28+,29?/m1/s1. The lowest BCUT2D eigenvalue weighted by atomic mass is 9.58. The Hall–Kier alpha value is -2.40. The van der Waals surface area contributed by atoms with Gasteiger partial charge in [0.25, 0.3) is 0 Å². The van der Waals surface area contributed by atoms with E-state index in [-0.39, 0.29) is 36.5 Å². The molecule has 0 aromatic heterocycles. The Morgan fingerprint density at radius 2 is 1.82 bits per heavy atom. The number of hydrogen-bond donors (Lipinski definition) is 1. The molecule has 39 heavy (non-hydrogen) atoms. The fraction of sp³-hybridized carbons (Fsp3) is 0.724. The molecule has 10 heteroatoms. The smallest absolute Gasteiger partial charge is 0.308 e. The number of rotatable bonds is 9. The highest BCUT2D eigenvalue weighted by Crippen LogP contribution is 2.60. The summed E-state index contributed by atoms with van der Waals surface area (Å²) in [6, 6.07) is 5.64. The van der Waals surface area contributed by atoms with Gasteiger partial charge in [-0.3, -0.25) is 9.59 Å². The lowest BCUT2D eigenvalue weighted by Gasteiger charge is -2.59. The van der Waals surface area contributed by atoms with E-state index in [2.05, 4.69) is 12.2 Å². The number of benzene rings is 1. The van der Waals surface area contributed by atoms with Gasteiger partial charge in [0.15, 0.2) is 23.4 Å². The normalized spacial score (nSPS) is 36.8. The topological polar surface area (TPSA) is 111 Å². The molecule has 1 aliphatic carbocycles. The fourth-order valence-electron chi connectivity index (χ4n) is 6.88. The third kappa shape index (κ3) is 5.36. The van der Waals surface area contributed by atoms with Gasteiger partial charge in [-0.05, 0) is 62.1 Å². The molecule has 8 atom stereocenters. The van der Waals surface area contributed by atoms with E-state index in [1.165, 1.54) is 0 Å². The van der Waals surface area contributed by atoms with Crippen LogP contribution in [0.1, 0.15) is 64.9 Å². The van der Waals surface area contributed by atoms with E-state index in [1.807, 2.05) is 32.0 Å². The minimum atomic E-state index is -0.887. The highest BCUT2D eigenvalue weighted by molar-refractivity contribution is 5.81. The van der Waals surface area contributed by atoms with Crippen LogP contribution in [0.25, 0.3) is 0 Å². The van der Waals surface area contributed by atoms with Crippen molar-refractivity contribution in [2.24, 2.45) is 23.7 Å². The number of esters is 1. The SMILES string of the molecule is COc1ccc(CCNC(=O)CCC(=O)O[C@@H]2O[C@@H]3O[C@]4(C)CC[C@H]5[C@H](C)CC[C@@H]([C@H]2C)C35OO4)cc1OC. The second-order valence-electron chi connectivity index (χ2n) is 11.6. The van der Waals surface area contributed by atoms with E-state index in [0.717, 1.165) is 31.2 Å². The number of fused-ring (bicyclic) bond motifs is 2. The molecule has 4 aliphatic heterocycles. The van der Waals surface area contributed by atoms with Crippen LogP contribution in [0.5, 0.6) is 11.5 Å². The van der Waals surface area contributed by atoms with Gasteiger partial charge in [0.1, 0.15) is 0 Å². The Morgan fingerprint density at radius 3 is 2.59 bits per heavy atom. The number of carbonyl (C=O) groups excluding carboxylic acids is 2. The summed E-state index contributed by atoms with van der Waals surface area (Å²) in [6.45, 7) is 6.59. The lowest BCUT2D eigenvalue weighted by Crippen LogP contribution is -2.70. The summed E-state index contributed by atoms with van der Waals surface area (Å²) in [5.74, 6) is 0.384. The summed E-state index contributed by atoms with van der Waals surface area (Å²) >= 11 is 0. The van der Waals surface area contributed by atoms with Crippen molar-refractivity contribution in [2.45, 2.75) is 89.7 Å². The van der Waals surface area contributed by atoms with Crippen molar-refractivity contribution in [1.82, 2.24) is 5.32 Å². The number of hydrogen-bond acceptors (Lipinski definition) is 9. The van der Waals surface area contributed by atoms with Crippen LogP contribution in [-0.4, -0.2) is 56.6 Å². The Kier molecular flexibility index (Phi) is 8.10. The van der Waals surface area contributed by atoms with Gasteiger partial charge in [-0.15, -0.1) is 0 Å². The van der Waals surface area contributed by atoms with Crippen molar-refractivity contribution in [3.63, 3.8) is 0 Å². The van der Waals surface area contributed by atoms with E-state index in [4.69, 9.17) is 33.5 Å². The number of nitrogens with one attached hydrogen (secondary N) is 1. The predicted molar refractivity (Wildman–Crippen MR) is 138 cm³/mol. The number of methoxy groups -OCH3 is 2. The van der Waals surface area contributed by atoms with Gasteiger partial charge in [-0.25, -0.2) is 9.78 Å². The first-order valence-corrected chi connectivity index (χ1v) is 14.1. The molecule has 4 heterocycles. The first-order valence-electron chi connectivity index (χ1n) is 14.1. The lowest BCUT2D eigenvalue weighted by molar-refractivity contribution is -0.576. The van der Waals surface area contributed by atoms with Crippen LogP contribution in [0, 0.1) is 23.7 Å². The minimum Gasteiger partial charge on any atom is -0.493 e. The van der Waals surface area contributed by atoms with Gasteiger partial charge in [-0.1, -0.05) is 19.9 Å². The van der Waals surface area contributed by atoms with E-state index in [0.29, 0.717) is 30.4 Å². The van der Waals surface area contributed by atoms with E-state index in [1.54, 1.807) is 14.2 Å². The minimum absolute atomic E-state index is 0.0346. The molecule has 1 aromatic rings. The molecule has 1 amide bonds.